The molecule has 0 saturated heterocycles. The van der Waals surface area contributed by atoms with Gasteiger partial charge in [-0.15, -0.1) is 0 Å². The number of fused-ring (bicyclic) bond motifs is 2. The fourth-order valence-electron chi connectivity index (χ4n) is 7.13. The average Bonchev–Trinajstić information content (AvgIpc) is 3.75. The second-order valence-electron chi connectivity index (χ2n) is 14.9. The highest BCUT2D eigenvalue weighted by Crippen LogP contribution is 2.22. The third kappa shape index (κ3) is 11.3. The summed E-state index contributed by atoms with van der Waals surface area (Å²) in [6.45, 7) is 3.71. The standard InChI is InChI=1S/C46H50N6O6/c1-30(2)22-37(27-53)49-43(54)42(25-36-26-47-29-48-36)51-44(55)40(23-34-18-10-16-32-14-6-8-20-38(32)34)50-45(56)41(52-46(57)58-28-31-12-4-3-5-13-31)24-35-19-11-17-33-15-7-9-21-39(33)35/h3-21,26,29-30,37,40-42,53H,22-25,27-28H2,1-2H3,(H,47,48)(H,49,54)(H,50,56)(H,51,55)(H,52,57)/t37-,40-,41-,42-/m0/s1. The van der Waals surface area contributed by atoms with E-state index in [9.17, 15) is 24.3 Å². The fraction of sp³-hybridized carbons (Fsp3) is 0.283. The van der Waals surface area contributed by atoms with Crippen LogP contribution in [0.25, 0.3) is 21.5 Å². The van der Waals surface area contributed by atoms with E-state index in [-0.39, 0.29) is 38.4 Å². The van der Waals surface area contributed by atoms with Crippen molar-refractivity contribution in [2.45, 2.75) is 70.3 Å². The maximum absolute atomic E-state index is 14.5. The smallest absolute Gasteiger partial charge is 0.408 e. The van der Waals surface area contributed by atoms with Gasteiger partial charge in [-0.1, -0.05) is 129 Å². The zero-order chi connectivity index (χ0) is 40.9. The van der Waals surface area contributed by atoms with E-state index in [1.165, 1.54) is 6.33 Å². The molecule has 0 aliphatic heterocycles. The second-order valence-corrected chi connectivity index (χ2v) is 14.9. The van der Waals surface area contributed by atoms with Gasteiger partial charge in [-0.3, -0.25) is 14.4 Å². The van der Waals surface area contributed by atoms with E-state index in [4.69, 9.17) is 4.74 Å². The summed E-state index contributed by atoms with van der Waals surface area (Å²) in [5.41, 5.74) is 3.00. The van der Waals surface area contributed by atoms with Crippen molar-refractivity contribution in [1.29, 1.82) is 0 Å². The summed E-state index contributed by atoms with van der Waals surface area (Å²) in [6.07, 6.45) is 3.04. The molecular formula is C46H50N6O6. The molecule has 1 aromatic heterocycles. The number of nitrogens with one attached hydrogen (secondary N) is 5. The zero-order valence-electron chi connectivity index (χ0n) is 32.7. The van der Waals surface area contributed by atoms with Crippen LogP contribution in [0.2, 0.25) is 0 Å². The quantitative estimate of drug-likeness (QED) is 0.0665. The number of hydrogen-bond donors (Lipinski definition) is 6. The normalized spacial score (nSPS) is 13.3. The molecule has 58 heavy (non-hydrogen) atoms. The van der Waals surface area contributed by atoms with E-state index in [2.05, 4.69) is 31.2 Å². The Kier molecular flexibility index (Phi) is 14.2. The van der Waals surface area contributed by atoms with Crippen LogP contribution in [0, 0.1) is 5.92 Å². The summed E-state index contributed by atoms with van der Waals surface area (Å²) in [4.78, 5) is 63.3. The summed E-state index contributed by atoms with van der Waals surface area (Å²) in [5, 5.41) is 25.3. The Labute approximate surface area is 337 Å². The predicted octanol–water partition coefficient (Wildman–Crippen LogP) is 5.53. The Morgan fingerprint density at radius 1 is 0.638 bits per heavy atom. The van der Waals surface area contributed by atoms with Crippen molar-refractivity contribution in [3.8, 4) is 0 Å². The van der Waals surface area contributed by atoms with Gasteiger partial charge in [-0.05, 0) is 50.6 Å². The molecule has 6 rings (SSSR count). The van der Waals surface area contributed by atoms with Crippen molar-refractivity contribution in [1.82, 2.24) is 31.2 Å². The van der Waals surface area contributed by atoms with Gasteiger partial charge in [0.25, 0.3) is 0 Å². The van der Waals surface area contributed by atoms with Gasteiger partial charge in [0.05, 0.1) is 19.0 Å². The highest BCUT2D eigenvalue weighted by Gasteiger charge is 2.32. The molecule has 6 N–H and O–H groups in total. The van der Waals surface area contributed by atoms with Crippen molar-refractivity contribution in [3.63, 3.8) is 0 Å². The molecule has 0 unspecified atom stereocenters. The molecule has 0 bridgehead atoms. The number of alkyl carbamates (subject to hydrolysis) is 1. The van der Waals surface area contributed by atoms with Gasteiger partial charge >= 0.3 is 6.09 Å². The van der Waals surface area contributed by atoms with E-state index >= 15 is 0 Å². The average molecular weight is 783 g/mol. The number of carbonyl (C=O) groups excluding carboxylic acids is 4. The van der Waals surface area contributed by atoms with Crippen LogP contribution in [0.3, 0.4) is 0 Å². The van der Waals surface area contributed by atoms with E-state index in [1.54, 1.807) is 6.20 Å². The lowest BCUT2D eigenvalue weighted by Crippen LogP contribution is -2.58. The number of H-pyrrole nitrogens is 1. The minimum Gasteiger partial charge on any atom is -0.445 e. The van der Waals surface area contributed by atoms with E-state index in [1.807, 2.05) is 129 Å². The van der Waals surface area contributed by atoms with Crippen LogP contribution < -0.4 is 21.3 Å². The number of nitrogens with zero attached hydrogens (tertiary/aromatic N) is 1. The Morgan fingerprint density at radius 3 is 1.71 bits per heavy atom. The highest BCUT2D eigenvalue weighted by molar-refractivity contribution is 5.95. The lowest BCUT2D eigenvalue weighted by molar-refractivity contribution is -0.132. The van der Waals surface area contributed by atoms with Crippen LogP contribution in [0.4, 0.5) is 4.79 Å². The number of carbonyl (C=O) groups is 4. The molecule has 12 heteroatoms. The van der Waals surface area contributed by atoms with Crippen LogP contribution in [0.5, 0.6) is 0 Å². The molecule has 1 heterocycles. The first-order valence-corrected chi connectivity index (χ1v) is 19.6. The molecule has 6 aromatic rings. The third-order valence-electron chi connectivity index (χ3n) is 10.00. The summed E-state index contributed by atoms with van der Waals surface area (Å²) in [6, 6.07) is 32.3. The Hall–Kier alpha value is -6.53. The number of imidazole rings is 1. The number of hydrogen-bond acceptors (Lipinski definition) is 7. The lowest BCUT2D eigenvalue weighted by atomic mass is 9.96. The molecular weight excluding hydrogens is 733 g/mol. The molecule has 0 fully saturated rings. The van der Waals surface area contributed by atoms with Gasteiger partial charge in [0.15, 0.2) is 0 Å². The predicted molar refractivity (Wildman–Crippen MR) is 223 cm³/mol. The van der Waals surface area contributed by atoms with Gasteiger partial charge in [0.2, 0.25) is 17.7 Å². The number of aliphatic hydroxyl groups excluding tert-OH is 1. The molecule has 5 aromatic carbocycles. The number of aromatic nitrogens is 2. The minimum absolute atomic E-state index is 0.00448. The topological polar surface area (TPSA) is 175 Å². The summed E-state index contributed by atoms with van der Waals surface area (Å²) in [5.74, 6) is -1.52. The number of aromatic amines is 1. The monoisotopic (exact) mass is 782 g/mol. The lowest BCUT2D eigenvalue weighted by Gasteiger charge is -2.27. The van der Waals surface area contributed by atoms with Gasteiger partial charge in [-0.25, -0.2) is 9.78 Å². The van der Waals surface area contributed by atoms with Gasteiger partial charge < -0.3 is 36.1 Å². The number of amides is 4. The van der Waals surface area contributed by atoms with E-state index < -0.39 is 48.0 Å². The molecule has 0 aliphatic carbocycles. The highest BCUT2D eigenvalue weighted by atomic mass is 16.5. The fourth-order valence-corrected chi connectivity index (χ4v) is 7.13. The van der Waals surface area contributed by atoms with Crippen molar-refractivity contribution < 1.29 is 29.0 Å². The van der Waals surface area contributed by atoms with Crippen molar-refractivity contribution in [3.05, 3.63) is 150 Å². The zero-order valence-corrected chi connectivity index (χ0v) is 32.7. The first kappa shape index (κ1) is 41.1. The molecule has 0 radical (unpaired) electrons. The summed E-state index contributed by atoms with van der Waals surface area (Å²) < 4.78 is 5.54. The molecule has 12 nitrogen and oxygen atoms in total. The van der Waals surface area contributed by atoms with E-state index in [0.29, 0.717) is 12.1 Å². The maximum Gasteiger partial charge on any atom is 0.408 e. The minimum atomic E-state index is -1.18. The van der Waals surface area contributed by atoms with Gasteiger partial charge in [0.1, 0.15) is 24.7 Å². The van der Waals surface area contributed by atoms with E-state index in [0.717, 1.165) is 38.2 Å². The SMILES string of the molecule is CC(C)C[C@@H](CO)NC(=O)[C@H](Cc1cnc[nH]1)NC(=O)[C@H](Cc1cccc2ccccc12)NC(=O)[C@H](Cc1cccc2ccccc12)NC(=O)OCc1ccccc1. The summed E-state index contributed by atoms with van der Waals surface area (Å²) >= 11 is 0. The largest absolute Gasteiger partial charge is 0.445 e. The van der Waals surface area contributed by atoms with Crippen LogP contribution in [0.1, 0.15) is 42.7 Å². The molecule has 0 spiro atoms. The number of aliphatic hydroxyl groups is 1. The first-order valence-electron chi connectivity index (χ1n) is 19.6. The number of rotatable bonds is 18. The Bertz CT molecular complexity index is 2290. The Morgan fingerprint density at radius 2 is 1.16 bits per heavy atom. The summed E-state index contributed by atoms with van der Waals surface area (Å²) in [7, 11) is 0. The molecule has 300 valence electrons. The molecule has 4 atom stereocenters. The first-order chi connectivity index (χ1) is 28.2. The number of ether oxygens (including phenoxy) is 1. The van der Waals surface area contributed by atoms with Crippen molar-refractivity contribution in [2.24, 2.45) is 5.92 Å². The molecule has 0 saturated carbocycles. The molecule has 4 amide bonds. The number of benzene rings is 5. The molecule has 0 aliphatic rings. The van der Waals surface area contributed by atoms with Gasteiger partial charge in [-0.2, -0.15) is 0 Å². The van der Waals surface area contributed by atoms with Crippen molar-refractivity contribution in [2.75, 3.05) is 6.61 Å². The van der Waals surface area contributed by atoms with Crippen LogP contribution in [-0.2, 0) is 45.0 Å². The van der Waals surface area contributed by atoms with Crippen LogP contribution >= 0.6 is 0 Å². The second kappa shape index (κ2) is 20.1. The maximum atomic E-state index is 14.5. The Balaban J connectivity index is 1.30. The van der Waals surface area contributed by atoms with Crippen molar-refractivity contribution >= 4 is 45.4 Å². The van der Waals surface area contributed by atoms with Crippen LogP contribution in [0.15, 0.2) is 128 Å². The third-order valence-corrected chi connectivity index (χ3v) is 10.00. The van der Waals surface area contributed by atoms with Gasteiger partial charge in [0, 0.05) is 31.2 Å². The van der Waals surface area contributed by atoms with Crippen LogP contribution in [-0.4, -0.2) is 69.7 Å².